The number of carbonyl (C=O) groups excluding carboxylic acids is 4. The zero-order chi connectivity index (χ0) is 41.8. The lowest BCUT2D eigenvalue weighted by Gasteiger charge is -2.40. The van der Waals surface area contributed by atoms with E-state index in [0.717, 1.165) is 50.6 Å². The second-order valence-corrected chi connectivity index (χ2v) is 17.3. The molecule has 2 aromatic rings. The van der Waals surface area contributed by atoms with Gasteiger partial charge in [0.25, 0.3) is 5.91 Å². The zero-order valence-electron chi connectivity index (χ0n) is 35.4. The second-order valence-electron chi connectivity index (χ2n) is 16.4. The van der Waals surface area contributed by atoms with Crippen LogP contribution in [0.4, 0.5) is 4.39 Å². The maximum atomic E-state index is 14.7. The third-order valence-corrected chi connectivity index (χ3v) is 12.5. The number of nitrogens with one attached hydrogen (secondary N) is 2. The van der Waals surface area contributed by atoms with Crippen molar-refractivity contribution in [1.82, 2.24) is 25.4 Å². The van der Waals surface area contributed by atoms with Crippen LogP contribution in [0.3, 0.4) is 0 Å². The summed E-state index contributed by atoms with van der Waals surface area (Å²) in [7, 11) is 1.98. The SMILES string of the molecule is CCCO[C@H](C[C@H](C(C)C)N(CCC)C(=O)[C@@H](NC(=O)[C@H]1CCCCN1C)[C@@H](C)CC)c1nc(C(=O)NC2Cc3ccc(F)cc3[C@H](C(=O)OC(C)CN)C2)cs1. The molecule has 2 aliphatic rings. The van der Waals surface area contributed by atoms with Crippen molar-refractivity contribution < 1.29 is 33.0 Å². The number of aromatic nitrogens is 1. The number of esters is 1. The summed E-state index contributed by atoms with van der Waals surface area (Å²) in [5.41, 5.74) is 7.25. The number of nitrogens with zero attached hydrogens (tertiary/aromatic N) is 3. The number of hydrogen-bond donors (Lipinski definition) is 3. The monoisotopic (exact) mass is 814 g/mol. The minimum Gasteiger partial charge on any atom is -0.461 e. The molecule has 4 rings (SSSR count). The van der Waals surface area contributed by atoms with Gasteiger partial charge in [0.1, 0.15) is 34.8 Å². The summed E-state index contributed by atoms with van der Waals surface area (Å²) in [5.74, 6) is -2.27. The molecule has 318 valence electrons. The highest BCUT2D eigenvalue weighted by molar-refractivity contribution is 7.09. The van der Waals surface area contributed by atoms with E-state index in [4.69, 9.17) is 20.2 Å². The Bertz CT molecular complexity index is 1640. The lowest BCUT2D eigenvalue weighted by molar-refractivity contribution is -0.150. The van der Waals surface area contributed by atoms with Crippen molar-refractivity contribution in [3.05, 3.63) is 51.2 Å². The highest BCUT2D eigenvalue weighted by atomic mass is 32.1. The number of piperidine rings is 1. The number of hydrogen-bond acceptors (Lipinski definition) is 10. The van der Waals surface area contributed by atoms with Crippen LogP contribution >= 0.6 is 11.3 Å². The van der Waals surface area contributed by atoms with Gasteiger partial charge in [-0.25, -0.2) is 9.37 Å². The number of likely N-dealkylation sites (tertiary alicyclic amines) is 1. The number of thiazole rings is 1. The first-order chi connectivity index (χ1) is 27.2. The van der Waals surface area contributed by atoms with Crippen molar-refractivity contribution in [2.45, 2.75) is 149 Å². The van der Waals surface area contributed by atoms with E-state index in [9.17, 15) is 23.6 Å². The first kappa shape index (κ1) is 46.2. The molecule has 12 nitrogen and oxygen atoms in total. The fourth-order valence-electron chi connectivity index (χ4n) is 7.97. The maximum Gasteiger partial charge on any atom is 0.313 e. The molecule has 8 atom stereocenters. The molecule has 0 radical (unpaired) electrons. The van der Waals surface area contributed by atoms with Gasteiger partial charge >= 0.3 is 5.97 Å². The average molecular weight is 815 g/mol. The smallest absolute Gasteiger partial charge is 0.313 e. The highest BCUT2D eigenvalue weighted by Gasteiger charge is 2.39. The Morgan fingerprint density at radius 1 is 1.11 bits per heavy atom. The van der Waals surface area contributed by atoms with Crippen LogP contribution in [0.25, 0.3) is 0 Å². The van der Waals surface area contributed by atoms with E-state index >= 15 is 0 Å². The lowest BCUT2D eigenvalue weighted by Crippen LogP contribution is -2.58. The molecule has 1 aromatic heterocycles. The van der Waals surface area contributed by atoms with Crippen LogP contribution in [0.2, 0.25) is 0 Å². The normalized spacial score (nSPS) is 21.1. The number of carbonyl (C=O) groups is 4. The summed E-state index contributed by atoms with van der Waals surface area (Å²) in [6.07, 6.45) is 5.23. The van der Waals surface area contributed by atoms with Gasteiger partial charge in [0, 0.05) is 43.6 Å². The predicted octanol–water partition coefficient (Wildman–Crippen LogP) is 6.14. The minimum absolute atomic E-state index is 0.0591. The molecule has 1 saturated heterocycles. The summed E-state index contributed by atoms with van der Waals surface area (Å²) in [5, 5.41) is 8.60. The summed E-state index contributed by atoms with van der Waals surface area (Å²) < 4.78 is 26.3. The van der Waals surface area contributed by atoms with Gasteiger partial charge in [0.05, 0.1) is 12.0 Å². The number of rotatable bonds is 20. The van der Waals surface area contributed by atoms with Crippen LogP contribution < -0.4 is 16.4 Å². The largest absolute Gasteiger partial charge is 0.461 e. The lowest BCUT2D eigenvalue weighted by atomic mass is 9.80. The van der Waals surface area contributed by atoms with Gasteiger partial charge in [-0.1, -0.05) is 60.5 Å². The van der Waals surface area contributed by atoms with Crippen molar-refractivity contribution in [1.29, 1.82) is 0 Å². The first-order valence-electron chi connectivity index (χ1n) is 21.1. The van der Waals surface area contributed by atoms with Crippen molar-refractivity contribution in [2.75, 3.05) is 33.3 Å². The number of nitrogens with two attached hydrogens (primary N) is 1. The number of halogens is 1. The Hall–Kier alpha value is -3.46. The number of likely N-dealkylation sites (N-methyl/N-ethyl adjacent to an activating group) is 1. The Kier molecular flexibility index (Phi) is 17.9. The molecule has 4 N–H and O–H groups in total. The second kappa shape index (κ2) is 22.1. The van der Waals surface area contributed by atoms with Crippen LogP contribution in [0.5, 0.6) is 0 Å². The quantitative estimate of drug-likeness (QED) is 0.134. The molecule has 1 aromatic carbocycles. The van der Waals surface area contributed by atoms with Gasteiger partial charge in [0.15, 0.2) is 0 Å². The van der Waals surface area contributed by atoms with Gasteiger partial charge in [0.2, 0.25) is 11.8 Å². The van der Waals surface area contributed by atoms with E-state index in [2.05, 4.69) is 36.3 Å². The Morgan fingerprint density at radius 3 is 2.51 bits per heavy atom. The molecular weight excluding hydrogens is 748 g/mol. The molecule has 57 heavy (non-hydrogen) atoms. The Morgan fingerprint density at radius 2 is 1.86 bits per heavy atom. The van der Waals surface area contributed by atoms with E-state index in [1.165, 1.54) is 23.5 Å². The fraction of sp³-hybridized carbons (Fsp3) is 0.698. The van der Waals surface area contributed by atoms with Gasteiger partial charge in [-0.15, -0.1) is 11.3 Å². The number of fused-ring (bicyclic) bond motifs is 1. The van der Waals surface area contributed by atoms with Crippen molar-refractivity contribution in [3.8, 4) is 0 Å². The molecule has 2 unspecified atom stereocenters. The van der Waals surface area contributed by atoms with Gasteiger partial charge in [-0.2, -0.15) is 0 Å². The minimum atomic E-state index is -0.759. The Balaban J connectivity index is 1.54. The van der Waals surface area contributed by atoms with Crippen LogP contribution in [-0.2, 0) is 30.3 Å². The average Bonchev–Trinajstić information content (AvgIpc) is 3.69. The van der Waals surface area contributed by atoms with E-state index in [-0.39, 0.29) is 60.3 Å². The topological polar surface area (TPSA) is 156 Å². The molecule has 2 heterocycles. The summed E-state index contributed by atoms with van der Waals surface area (Å²) >= 11 is 1.34. The highest BCUT2D eigenvalue weighted by Crippen LogP contribution is 2.35. The fourth-order valence-corrected chi connectivity index (χ4v) is 8.83. The molecule has 1 aliphatic heterocycles. The third-order valence-electron chi connectivity index (χ3n) is 11.5. The van der Waals surface area contributed by atoms with Gasteiger partial charge in [-0.3, -0.25) is 24.1 Å². The molecule has 0 bridgehead atoms. The van der Waals surface area contributed by atoms with Gasteiger partial charge in [-0.05, 0) is 94.1 Å². The predicted molar refractivity (Wildman–Crippen MR) is 221 cm³/mol. The van der Waals surface area contributed by atoms with Crippen molar-refractivity contribution >= 4 is 35.0 Å². The van der Waals surface area contributed by atoms with Crippen LogP contribution in [0.15, 0.2) is 23.6 Å². The molecule has 1 fully saturated rings. The molecule has 14 heteroatoms. The van der Waals surface area contributed by atoms with Gasteiger partial charge < -0.3 is 30.7 Å². The first-order valence-corrected chi connectivity index (χ1v) is 22.0. The zero-order valence-corrected chi connectivity index (χ0v) is 36.2. The summed E-state index contributed by atoms with van der Waals surface area (Å²) in [4.78, 5) is 64.1. The van der Waals surface area contributed by atoms with Crippen molar-refractivity contribution in [2.24, 2.45) is 17.6 Å². The molecule has 0 saturated carbocycles. The van der Waals surface area contributed by atoms with Crippen LogP contribution in [0.1, 0.15) is 138 Å². The van der Waals surface area contributed by atoms with E-state index in [1.54, 1.807) is 18.4 Å². The van der Waals surface area contributed by atoms with E-state index < -0.39 is 42.0 Å². The van der Waals surface area contributed by atoms with Crippen LogP contribution in [-0.4, -0.2) is 102 Å². The van der Waals surface area contributed by atoms with E-state index in [1.807, 2.05) is 32.7 Å². The number of amides is 3. The molecular formula is C43H67FN6O6S. The number of benzene rings is 1. The molecule has 1 aliphatic carbocycles. The standard InChI is InChI=1S/C43H67FN6O6S/c1-9-17-50(42(53)38(27(6)11-3)48-40(52)35-14-12-13-18-49(35)8)36(26(4)5)23-37(55-19-10-2)41-47-34(25-57-41)39(51)46-31-20-29-15-16-30(44)21-32(29)33(22-31)43(54)56-28(7)24-45/h15-16,21,25-28,31,33,35-38H,9-14,17-20,22-24,45H2,1-8H3,(H,46,51)(H,48,52)/t27-,28?,31?,33+,35+,36+,37+,38-/m0/s1. The number of ether oxygens (including phenoxy) is 2. The Labute approximate surface area is 343 Å². The van der Waals surface area contributed by atoms with Crippen molar-refractivity contribution in [3.63, 3.8) is 0 Å². The van der Waals surface area contributed by atoms with Crippen LogP contribution in [0, 0.1) is 17.7 Å². The van der Waals surface area contributed by atoms with E-state index in [0.29, 0.717) is 36.6 Å². The third kappa shape index (κ3) is 12.3. The summed E-state index contributed by atoms with van der Waals surface area (Å²) in [6, 6.07) is 2.82. The summed E-state index contributed by atoms with van der Waals surface area (Å²) in [6.45, 7) is 16.1. The molecule has 0 spiro atoms. The maximum absolute atomic E-state index is 14.7. The molecule has 3 amide bonds.